The second-order valence-corrected chi connectivity index (χ2v) is 4.66. The number of anilines is 1. The lowest BCUT2D eigenvalue weighted by molar-refractivity contribution is -0.135. The summed E-state index contributed by atoms with van der Waals surface area (Å²) in [7, 11) is 0. The van der Waals surface area contributed by atoms with Gasteiger partial charge in [-0.1, -0.05) is 36.9 Å². The molecule has 1 aliphatic rings. The molecule has 108 valence electrons. The molecule has 1 aromatic rings. The van der Waals surface area contributed by atoms with Crippen molar-refractivity contribution in [2.45, 2.75) is 19.4 Å². The first kappa shape index (κ1) is 14.8. The Hall–Kier alpha value is -2.62. The topological polar surface area (TPSA) is 49.4 Å². The van der Waals surface area contributed by atoms with E-state index in [1.165, 1.54) is 11.0 Å². The molecule has 21 heavy (non-hydrogen) atoms. The quantitative estimate of drug-likeness (QED) is 0.667. The zero-order valence-corrected chi connectivity index (χ0v) is 12.0. The van der Waals surface area contributed by atoms with Crippen LogP contribution in [0.3, 0.4) is 0 Å². The number of rotatable bonds is 5. The number of imide groups is 1. The molecule has 1 atom stereocenters. The molecule has 0 aliphatic carbocycles. The van der Waals surface area contributed by atoms with Gasteiger partial charge >= 0.3 is 0 Å². The van der Waals surface area contributed by atoms with E-state index in [4.69, 9.17) is 0 Å². The molecule has 1 N–H and O–H groups in total. The maximum Gasteiger partial charge on any atom is 0.256 e. The second kappa shape index (κ2) is 6.70. The number of nitrogens with zero attached hydrogens (tertiary/aromatic N) is 1. The molecule has 0 radical (unpaired) electrons. The Morgan fingerprint density at radius 3 is 2.67 bits per heavy atom. The minimum Gasteiger partial charge on any atom is -0.373 e. The Bertz CT molecular complexity index is 602. The van der Waals surface area contributed by atoms with Crippen LogP contribution < -0.4 is 5.32 Å². The van der Waals surface area contributed by atoms with Crippen molar-refractivity contribution in [2.24, 2.45) is 0 Å². The molecule has 4 heteroatoms. The van der Waals surface area contributed by atoms with E-state index in [0.717, 1.165) is 5.69 Å². The van der Waals surface area contributed by atoms with E-state index < -0.39 is 6.04 Å². The number of para-hydroxylation sites is 1. The van der Waals surface area contributed by atoms with Crippen LogP contribution in [0.2, 0.25) is 0 Å². The fourth-order valence-electron chi connectivity index (χ4n) is 2.18. The van der Waals surface area contributed by atoms with Gasteiger partial charge in [-0.3, -0.25) is 9.59 Å². The number of carbonyl (C=O) groups is 2. The highest BCUT2D eigenvalue weighted by atomic mass is 16.2. The smallest absolute Gasteiger partial charge is 0.256 e. The summed E-state index contributed by atoms with van der Waals surface area (Å²) in [5.74, 6) is -0.469. The third kappa shape index (κ3) is 3.28. The van der Waals surface area contributed by atoms with Crippen molar-refractivity contribution in [3.8, 4) is 0 Å². The van der Waals surface area contributed by atoms with Crippen LogP contribution >= 0.6 is 0 Å². The van der Waals surface area contributed by atoms with E-state index in [0.29, 0.717) is 5.70 Å². The molecular formula is C17H18N2O2. The van der Waals surface area contributed by atoms with Crippen molar-refractivity contribution in [3.05, 3.63) is 66.9 Å². The van der Waals surface area contributed by atoms with Crippen LogP contribution in [-0.2, 0) is 9.59 Å². The van der Waals surface area contributed by atoms with Gasteiger partial charge in [0.2, 0.25) is 5.91 Å². The normalized spacial score (nSPS) is 19.4. The van der Waals surface area contributed by atoms with Gasteiger partial charge in [-0.15, -0.1) is 0 Å². The third-order valence-electron chi connectivity index (χ3n) is 3.19. The predicted octanol–water partition coefficient (Wildman–Crippen LogP) is 2.87. The van der Waals surface area contributed by atoms with Gasteiger partial charge in [0, 0.05) is 5.69 Å². The number of allylic oxidation sites excluding steroid dienone is 4. The van der Waals surface area contributed by atoms with Gasteiger partial charge in [0.05, 0.1) is 12.1 Å². The lowest BCUT2D eigenvalue weighted by Crippen LogP contribution is -2.33. The first-order valence-electron chi connectivity index (χ1n) is 6.81. The highest BCUT2D eigenvalue weighted by molar-refractivity contribution is 6.08. The maximum absolute atomic E-state index is 12.4. The lowest BCUT2D eigenvalue weighted by Gasteiger charge is -2.16. The third-order valence-corrected chi connectivity index (χ3v) is 3.19. The average Bonchev–Trinajstić information content (AvgIpc) is 2.77. The zero-order valence-electron chi connectivity index (χ0n) is 12.0. The molecule has 1 aromatic carbocycles. The summed E-state index contributed by atoms with van der Waals surface area (Å²) in [5, 5.41) is 3.09. The molecule has 1 fully saturated rings. The van der Waals surface area contributed by atoms with Crippen molar-refractivity contribution >= 4 is 17.5 Å². The fraction of sp³-hybridized carbons (Fsp3) is 0.176. The summed E-state index contributed by atoms with van der Waals surface area (Å²) in [6.07, 6.45) is 6.97. The van der Waals surface area contributed by atoms with Crippen LogP contribution in [0.15, 0.2) is 66.9 Å². The van der Waals surface area contributed by atoms with E-state index in [1.54, 1.807) is 12.2 Å². The van der Waals surface area contributed by atoms with Crippen molar-refractivity contribution in [3.63, 3.8) is 0 Å². The number of nitrogens with one attached hydrogen (secondary N) is 1. The van der Waals surface area contributed by atoms with E-state index in [9.17, 15) is 9.59 Å². The molecule has 1 unspecified atom stereocenters. The highest BCUT2D eigenvalue weighted by Gasteiger charge is 2.39. The van der Waals surface area contributed by atoms with Gasteiger partial charge in [0.1, 0.15) is 6.04 Å². The molecule has 2 rings (SSSR count). The van der Waals surface area contributed by atoms with Crippen LogP contribution in [0.5, 0.6) is 0 Å². The Morgan fingerprint density at radius 1 is 1.33 bits per heavy atom. The fourth-order valence-corrected chi connectivity index (χ4v) is 2.18. The molecule has 0 bridgehead atoms. The molecule has 1 heterocycles. The van der Waals surface area contributed by atoms with E-state index in [-0.39, 0.29) is 18.2 Å². The number of carbonyl (C=O) groups excluding carboxylic acids is 2. The molecule has 1 aliphatic heterocycles. The van der Waals surface area contributed by atoms with Gasteiger partial charge in [-0.2, -0.15) is 0 Å². The Labute approximate surface area is 124 Å². The molecule has 2 amide bonds. The lowest BCUT2D eigenvalue weighted by atomic mass is 10.2. The molecular weight excluding hydrogens is 264 g/mol. The van der Waals surface area contributed by atoms with Crippen molar-refractivity contribution in [2.75, 3.05) is 5.32 Å². The van der Waals surface area contributed by atoms with Gasteiger partial charge in [0.25, 0.3) is 5.91 Å². The number of hydrogen-bond acceptors (Lipinski definition) is 3. The summed E-state index contributed by atoms with van der Waals surface area (Å²) >= 11 is 0. The number of benzene rings is 1. The minimum atomic E-state index is -0.533. The van der Waals surface area contributed by atoms with Crippen LogP contribution in [0.25, 0.3) is 0 Å². The Morgan fingerprint density at radius 2 is 2.05 bits per heavy atom. The van der Waals surface area contributed by atoms with Crippen LogP contribution in [0.4, 0.5) is 5.69 Å². The molecule has 4 nitrogen and oxygen atoms in total. The molecule has 0 aromatic heterocycles. The maximum atomic E-state index is 12.4. The van der Waals surface area contributed by atoms with E-state index in [2.05, 4.69) is 11.9 Å². The largest absolute Gasteiger partial charge is 0.373 e. The number of hydrogen-bond donors (Lipinski definition) is 1. The number of amides is 2. The first-order chi connectivity index (χ1) is 10.2. The SMILES string of the molecule is C=C/C(=C\C=C/C)N1C(=O)CC(Nc2ccccc2)C1=O. The van der Waals surface area contributed by atoms with Gasteiger partial charge in [0.15, 0.2) is 0 Å². The minimum absolute atomic E-state index is 0.148. The summed E-state index contributed by atoms with van der Waals surface area (Å²) in [5.41, 5.74) is 1.32. The number of likely N-dealkylation sites (tertiary alicyclic amines) is 1. The van der Waals surface area contributed by atoms with Crippen molar-refractivity contribution in [1.82, 2.24) is 4.90 Å². The monoisotopic (exact) mass is 282 g/mol. The second-order valence-electron chi connectivity index (χ2n) is 4.66. The van der Waals surface area contributed by atoms with Gasteiger partial charge < -0.3 is 5.32 Å². The predicted molar refractivity (Wildman–Crippen MR) is 83.4 cm³/mol. The Kier molecular flexibility index (Phi) is 4.72. The highest BCUT2D eigenvalue weighted by Crippen LogP contribution is 2.22. The summed E-state index contributed by atoms with van der Waals surface area (Å²) in [6.45, 7) is 5.53. The molecule has 0 spiro atoms. The standard InChI is InChI=1S/C17H18N2O2/c1-3-5-11-14(4-2)19-16(20)12-15(17(19)21)18-13-9-7-6-8-10-13/h3-11,15,18H,2,12H2,1H3/b5-3-,14-11+. The average molecular weight is 282 g/mol. The van der Waals surface area contributed by atoms with Gasteiger partial charge in [-0.25, -0.2) is 4.90 Å². The zero-order chi connectivity index (χ0) is 15.2. The summed E-state index contributed by atoms with van der Waals surface area (Å²) in [6, 6.07) is 8.85. The Balaban J connectivity index is 2.18. The summed E-state index contributed by atoms with van der Waals surface area (Å²) in [4.78, 5) is 25.7. The first-order valence-corrected chi connectivity index (χ1v) is 6.81. The van der Waals surface area contributed by atoms with Crippen molar-refractivity contribution in [1.29, 1.82) is 0 Å². The van der Waals surface area contributed by atoms with Crippen LogP contribution in [0, 0.1) is 0 Å². The van der Waals surface area contributed by atoms with E-state index in [1.807, 2.05) is 43.3 Å². The van der Waals surface area contributed by atoms with E-state index >= 15 is 0 Å². The van der Waals surface area contributed by atoms with Gasteiger partial charge in [-0.05, 0) is 31.2 Å². The molecule has 1 saturated heterocycles. The summed E-state index contributed by atoms with van der Waals surface area (Å²) < 4.78 is 0. The van der Waals surface area contributed by atoms with Crippen LogP contribution in [0.1, 0.15) is 13.3 Å². The molecule has 0 saturated carbocycles. The van der Waals surface area contributed by atoms with Crippen molar-refractivity contribution < 1.29 is 9.59 Å². The van der Waals surface area contributed by atoms with Crippen LogP contribution in [-0.4, -0.2) is 22.8 Å².